The molecule has 0 amide bonds. The Kier molecular flexibility index (Phi) is 4.24. The van der Waals surface area contributed by atoms with Gasteiger partial charge in [0, 0.05) is 0 Å². The summed E-state index contributed by atoms with van der Waals surface area (Å²) in [6, 6.07) is 0. The van der Waals surface area contributed by atoms with Crippen molar-refractivity contribution in [1.29, 1.82) is 5.26 Å². The molecule has 0 aliphatic carbocycles. The van der Waals surface area contributed by atoms with E-state index >= 15 is 0 Å². The Bertz CT molecular complexity index is 205. The lowest BCUT2D eigenvalue weighted by molar-refractivity contribution is -0.136. The number of carbonyl (C=O) groups is 1. The van der Waals surface area contributed by atoms with Crippen LogP contribution in [0.5, 0.6) is 0 Å². The van der Waals surface area contributed by atoms with Crippen LogP contribution < -0.4 is 0 Å². The third kappa shape index (κ3) is 3.05. The fourth-order valence-corrected chi connectivity index (χ4v) is 0.339. The molecule has 0 saturated heterocycles. The summed E-state index contributed by atoms with van der Waals surface area (Å²) in [4.78, 5) is 10.6. The van der Waals surface area contributed by atoms with Gasteiger partial charge in [0.1, 0.15) is 0 Å². The Hall–Kier alpha value is -1.77. The molecule has 0 aliphatic heterocycles. The van der Waals surface area contributed by atoms with Crippen molar-refractivity contribution in [3.8, 4) is 6.26 Å². The summed E-state index contributed by atoms with van der Waals surface area (Å²) >= 11 is 0. The maximum absolute atomic E-state index is 10.6. The highest BCUT2D eigenvalue weighted by molar-refractivity contribution is 6.32. The van der Waals surface area contributed by atoms with Crippen LogP contribution in [0.2, 0.25) is 0 Å². The summed E-state index contributed by atoms with van der Waals surface area (Å²) in [6.45, 7) is 1.69. The zero-order valence-corrected chi connectivity index (χ0v) is 5.77. The van der Waals surface area contributed by atoms with Gasteiger partial charge in [-0.15, -0.1) is 5.26 Å². The average Bonchev–Trinajstić information content (AvgIpc) is 2.00. The lowest BCUT2D eigenvalue weighted by Crippen LogP contribution is -2.18. The van der Waals surface area contributed by atoms with E-state index in [0.29, 0.717) is 0 Å². The Morgan fingerprint density at radius 1 is 1.82 bits per heavy atom. The van der Waals surface area contributed by atoms with E-state index in [1.807, 2.05) is 0 Å². The normalized spacial score (nSPS) is 10.0. The molecule has 0 unspecified atom stereocenters. The second-order valence-electron chi connectivity index (χ2n) is 1.32. The van der Waals surface area contributed by atoms with E-state index in [0.717, 1.165) is 0 Å². The standard InChI is InChI=1S/C5H6N2O4/c1-2-10-5(8)4(7-9)11-3-6/h9H,2H2,1H3. The van der Waals surface area contributed by atoms with Gasteiger partial charge in [0.25, 0.3) is 6.26 Å². The number of hydrogen-bond donors (Lipinski definition) is 1. The Labute approximate surface area is 62.6 Å². The maximum Gasteiger partial charge on any atom is 0.398 e. The number of ether oxygens (including phenoxy) is 2. The molecule has 0 atom stereocenters. The van der Waals surface area contributed by atoms with Crippen LogP contribution in [0, 0.1) is 11.5 Å². The predicted octanol–water partition coefficient (Wildman–Crippen LogP) is -0.165. The topological polar surface area (TPSA) is 91.9 Å². The van der Waals surface area contributed by atoms with Gasteiger partial charge in [-0.2, -0.15) is 0 Å². The summed E-state index contributed by atoms with van der Waals surface area (Å²) < 4.78 is 8.28. The van der Waals surface area contributed by atoms with Crippen molar-refractivity contribution in [3.05, 3.63) is 0 Å². The minimum atomic E-state index is -0.975. The number of nitriles is 1. The van der Waals surface area contributed by atoms with Gasteiger partial charge in [-0.3, -0.25) is 0 Å². The van der Waals surface area contributed by atoms with Crippen LogP contribution in [0.3, 0.4) is 0 Å². The summed E-state index contributed by atoms with van der Waals surface area (Å²) in [5.74, 6) is -1.74. The average molecular weight is 158 g/mol. The molecule has 0 radical (unpaired) electrons. The smallest absolute Gasteiger partial charge is 0.398 e. The molecule has 0 aromatic heterocycles. The van der Waals surface area contributed by atoms with E-state index < -0.39 is 11.9 Å². The van der Waals surface area contributed by atoms with Crippen molar-refractivity contribution in [2.45, 2.75) is 6.92 Å². The zero-order valence-electron chi connectivity index (χ0n) is 5.77. The van der Waals surface area contributed by atoms with E-state index in [-0.39, 0.29) is 6.61 Å². The van der Waals surface area contributed by atoms with Crippen LogP contribution in [0.4, 0.5) is 0 Å². The van der Waals surface area contributed by atoms with E-state index in [1.54, 1.807) is 6.92 Å². The summed E-state index contributed by atoms with van der Waals surface area (Å²) in [6.07, 6.45) is 1.17. The minimum absolute atomic E-state index is 0.118. The highest BCUT2D eigenvalue weighted by atomic mass is 16.6. The van der Waals surface area contributed by atoms with Gasteiger partial charge in [0.15, 0.2) is 0 Å². The van der Waals surface area contributed by atoms with Crippen molar-refractivity contribution in [3.63, 3.8) is 0 Å². The van der Waals surface area contributed by atoms with Crippen molar-refractivity contribution in [2.75, 3.05) is 6.61 Å². The number of esters is 1. The number of nitrogens with zero attached hydrogens (tertiary/aromatic N) is 2. The molecule has 0 heterocycles. The molecule has 0 fully saturated rings. The highest BCUT2D eigenvalue weighted by Gasteiger charge is 2.14. The van der Waals surface area contributed by atoms with Crippen LogP contribution in [0.15, 0.2) is 5.16 Å². The first-order valence-electron chi connectivity index (χ1n) is 2.71. The van der Waals surface area contributed by atoms with Gasteiger partial charge in [-0.25, -0.2) is 4.79 Å². The number of hydrogen-bond acceptors (Lipinski definition) is 6. The van der Waals surface area contributed by atoms with Gasteiger partial charge >= 0.3 is 11.9 Å². The quantitative estimate of drug-likeness (QED) is 0.143. The van der Waals surface area contributed by atoms with Crippen LogP contribution in [0.1, 0.15) is 6.92 Å². The number of rotatable bonds is 1. The molecule has 0 bridgehead atoms. The fraction of sp³-hybridized carbons (Fsp3) is 0.400. The minimum Gasteiger partial charge on any atom is -0.459 e. The third-order valence-corrected chi connectivity index (χ3v) is 0.683. The van der Waals surface area contributed by atoms with Crippen molar-refractivity contribution in [1.82, 2.24) is 0 Å². The molecule has 0 aromatic rings. The van der Waals surface area contributed by atoms with Crippen LogP contribution in [0.25, 0.3) is 0 Å². The summed E-state index contributed by atoms with van der Waals surface area (Å²) in [7, 11) is 0. The molecule has 0 saturated carbocycles. The Morgan fingerprint density at radius 3 is 2.82 bits per heavy atom. The van der Waals surface area contributed by atoms with Gasteiger partial charge < -0.3 is 14.7 Å². The summed E-state index contributed by atoms with van der Waals surface area (Å²) in [5.41, 5.74) is 0. The first-order chi connectivity index (χ1) is 5.26. The first-order valence-corrected chi connectivity index (χ1v) is 2.71. The van der Waals surface area contributed by atoms with E-state index in [4.69, 9.17) is 10.5 Å². The molecule has 6 heteroatoms. The zero-order chi connectivity index (χ0) is 8.69. The van der Waals surface area contributed by atoms with Crippen LogP contribution in [-0.2, 0) is 14.3 Å². The van der Waals surface area contributed by atoms with E-state index in [1.165, 1.54) is 6.26 Å². The molecule has 0 aromatic carbocycles. The molecular weight excluding hydrogens is 152 g/mol. The maximum atomic E-state index is 10.6. The van der Waals surface area contributed by atoms with Crippen molar-refractivity contribution < 1.29 is 19.5 Å². The Morgan fingerprint density at radius 2 is 2.45 bits per heavy atom. The van der Waals surface area contributed by atoms with Crippen LogP contribution >= 0.6 is 0 Å². The number of carbonyl (C=O) groups excluding carboxylic acids is 1. The first kappa shape index (κ1) is 9.23. The highest BCUT2D eigenvalue weighted by Crippen LogP contribution is 1.85. The molecule has 60 valence electrons. The molecular formula is C5H6N2O4. The predicted molar refractivity (Wildman–Crippen MR) is 32.6 cm³/mol. The second-order valence-corrected chi connectivity index (χ2v) is 1.32. The van der Waals surface area contributed by atoms with Gasteiger partial charge in [-0.1, -0.05) is 0 Å². The third-order valence-electron chi connectivity index (χ3n) is 0.683. The van der Waals surface area contributed by atoms with Gasteiger partial charge in [0.05, 0.1) is 6.61 Å². The monoisotopic (exact) mass is 158 g/mol. The van der Waals surface area contributed by atoms with E-state index in [9.17, 15) is 4.79 Å². The largest absolute Gasteiger partial charge is 0.459 e. The SMILES string of the molecule is CCOC(=O)C(=NO)OC#N. The number of oxime groups is 1. The Balaban J connectivity index is 4.07. The van der Waals surface area contributed by atoms with Crippen molar-refractivity contribution >= 4 is 11.9 Å². The molecule has 0 rings (SSSR count). The summed E-state index contributed by atoms with van der Waals surface area (Å²) in [5, 5.41) is 18.4. The lowest BCUT2D eigenvalue weighted by atomic mass is 10.6. The van der Waals surface area contributed by atoms with Gasteiger partial charge in [0.2, 0.25) is 0 Å². The molecule has 1 N–H and O–H groups in total. The molecule has 0 aliphatic rings. The van der Waals surface area contributed by atoms with Gasteiger partial charge in [-0.05, 0) is 12.1 Å². The van der Waals surface area contributed by atoms with Crippen molar-refractivity contribution in [2.24, 2.45) is 5.16 Å². The molecule has 11 heavy (non-hydrogen) atoms. The van der Waals surface area contributed by atoms with E-state index in [2.05, 4.69) is 14.6 Å². The van der Waals surface area contributed by atoms with Crippen LogP contribution in [-0.4, -0.2) is 23.7 Å². The molecule has 0 spiro atoms. The second kappa shape index (κ2) is 5.05. The lowest BCUT2D eigenvalue weighted by Gasteiger charge is -1.97. The molecule has 6 nitrogen and oxygen atoms in total. The fourth-order valence-electron chi connectivity index (χ4n) is 0.339.